The van der Waals surface area contributed by atoms with Crippen LogP contribution in [0.4, 0.5) is 4.39 Å². The van der Waals surface area contributed by atoms with E-state index in [1.54, 1.807) is 23.7 Å². The van der Waals surface area contributed by atoms with Gasteiger partial charge in [0.2, 0.25) is 5.91 Å². The first-order valence-corrected chi connectivity index (χ1v) is 14.4. The molecule has 0 fully saturated rings. The molecule has 0 spiro atoms. The van der Waals surface area contributed by atoms with E-state index in [0.29, 0.717) is 33.3 Å². The van der Waals surface area contributed by atoms with E-state index < -0.39 is 0 Å². The van der Waals surface area contributed by atoms with Crippen molar-refractivity contribution in [3.8, 4) is 16.9 Å². The van der Waals surface area contributed by atoms with Gasteiger partial charge in [-0.05, 0) is 83.9 Å². The number of hydrogen-bond donors (Lipinski definition) is 1. The highest BCUT2D eigenvalue weighted by atomic mass is 32.1. The van der Waals surface area contributed by atoms with Crippen LogP contribution in [0.5, 0.6) is 0 Å². The van der Waals surface area contributed by atoms with Gasteiger partial charge in [0, 0.05) is 22.8 Å². The molecule has 3 aromatic heterocycles. The van der Waals surface area contributed by atoms with Crippen molar-refractivity contribution in [2.45, 2.75) is 66.8 Å². The van der Waals surface area contributed by atoms with Gasteiger partial charge in [-0.1, -0.05) is 19.9 Å². The van der Waals surface area contributed by atoms with Crippen molar-refractivity contribution in [3.63, 3.8) is 0 Å². The third-order valence-electron chi connectivity index (χ3n) is 7.12. The Morgan fingerprint density at radius 3 is 2.64 bits per heavy atom. The minimum Gasteiger partial charge on any atom is -0.353 e. The highest BCUT2D eigenvalue weighted by Gasteiger charge is 2.21. The first-order chi connectivity index (χ1) is 18.6. The van der Waals surface area contributed by atoms with Crippen LogP contribution in [0.3, 0.4) is 0 Å². The third-order valence-corrected chi connectivity index (χ3v) is 7.99. The van der Waals surface area contributed by atoms with E-state index in [1.165, 1.54) is 27.9 Å². The molecular weight excluding hydrogens is 515 g/mol. The summed E-state index contributed by atoms with van der Waals surface area (Å²) in [6.07, 6.45) is 1.99. The van der Waals surface area contributed by atoms with Crippen LogP contribution in [-0.2, 0) is 11.2 Å². The minimum absolute atomic E-state index is 0.0452. The first-order valence-electron chi connectivity index (χ1n) is 13.5. The number of nitrogens with zero attached hydrogens (tertiary/aromatic N) is 5. The quantitative estimate of drug-likeness (QED) is 0.288. The van der Waals surface area contributed by atoms with Crippen molar-refractivity contribution in [2.24, 2.45) is 0 Å². The fourth-order valence-electron chi connectivity index (χ4n) is 4.90. The molecular formula is C29H37FN6O2S. The maximum Gasteiger partial charge on any atom is 0.268 e. The number of aromatic nitrogens is 4. The van der Waals surface area contributed by atoms with Crippen LogP contribution < -0.4 is 10.9 Å². The maximum atomic E-state index is 14.0. The zero-order valence-corrected chi connectivity index (χ0v) is 24.4. The molecule has 0 saturated carbocycles. The van der Waals surface area contributed by atoms with E-state index in [1.807, 2.05) is 26.2 Å². The summed E-state index contributed by atoms with van der Waals surface area (Å²) in [7, 11) is 0. The Kier molecular flexibility index (Phi) is 8.97. The molecule has 0 bridgehead atoms. The number of rotatable bonds is 11. The smallest absolute Gasteiger partial charge is 0.268 e. The monoisotopic (exact) mass is 552 g/mol. The van der Waals surface area contributed by atoms with Crippen molar-refractivity contribution in [3.05, 3.63) is 68.5 Å². The van der Waals surface area contributed by atoms with E-state index in [2.05, 4.69) is 34.1 Å². The molecule has 10 heteroatoms. The highest BCUT2D eigenvalue weighted by molar-refractivity contribution is 7.15. The number of carbonyl (C=O) groups is 1. The standard InChI is InChI=1S/C29H37FN6O2S/c1-7-34(8-2)13-9-10-19(4)31-26(37)16-23-17-39-29-32-21(6)27(28(38)35(23)29)24-14-20(5)36(33-24)25-15-22(30)12-11-18(25)3/h11-12,14-15,17,19H,7-10,13,16H2,1-6H3,(H,31,37). The van der Waals surface area contributed by atoms with Crippen LogP contribution >= 0.6 is 11.3 Å². The second-order valence-corrected chi connectivity index (χ2v) is 10.9. The molecule has 1 atom stereocenters. The van der Waals surface area contributed by atoms with Gasteiger partial charge in [-0.25, -0.2) is 14.1 Å². The highest BCUT2D eigenvalue weighted by Crippen LogP contribution is 2.25. The molecule has 0 aliphatic carbocycles. The summed E-state index contributed by atoms with van der Waals surface area (Å²) in [6, 6.07) is 6.40. The lowest BCUT2D eigenvalue weighted by Gasteiger charge is -2.19. The second kappa shape index (κ2) is 12.2. The fourth-order valence-corrected chi connectivity index (χ4v) is 5.82. The molecule has 1 amide bonds. The van der Waals surface area contributed by atoms with Gasteiger partial charge < -0.3 is 10.2 Å². The van der Waals surface area contributed by atoms with Crippen LogP contribution in [-0.4, -0.2) is 55.6 Å². The molecule has 1 N–H and O–H groups in total. The molecule has 208 valence electrons. The van der Waals surface area contributed by atoms with Crippen LogP contribution in [0.25, 0.3) is 21.9 Å². The Hall–Kier alpha value is -3.37. The summed E-state index contributed by atoms with van der Waals surface area (Å²) in [6.45, 7) is 14.9. The predicted octanol–water partition coefficient (Wildman–Crippen LogP) is 4.84. The largest absolute Gasteiger partial charge is 0.353 e. The summed E-state index contributed by atoms with van der Waals surface area (Å²) in [4.78, 5) is 34.2. The molecule has 8 nitrogen and oxygen atoms in total. The van der Waals surface area contributed by atoms with Gasteiger partial charge in [0.25, 0.3) is 5.56 Å². The van der Waals surface area contributed by atoms with Gasteiger partial charge in [-0.15, -0.1) is 11.3 Å². The average Bonchev–Trinajstić information content (AvgIpc) is 3.46. The Morgan fingerprint density at radius 1 is 1.18 bits per heavy atom. The first kappa shape index (κ1) is 28.6. The molecule has 0 aliphatic rings. The molecule has 3 heterocycles. The van der Waals surface area contributed by atoms with E-state index in [-0.39, 0.29) is 29.7 Å². The topological polar surface area (TPSA) is 84.5 Å². The number of thiazole rings is 1. The molecule has 0 saturated heterocycles. The van der Waals surface area contributed by atoms with Gasteiger partial charge in [-0.3, -0.25) is 14.0 Å². The van der Waals surface area contributed by atoms with Crippen LogP contribution in [0.15, 0.2) is 34.4 Å². The normalized spacial score (nSPS) is 12.4. The number of amides is 1. The Labute approximate surface area is 232 Å². The zero-order valence-electron chi connectivity index (χ0n) is 23.5. The fraction of sp³-hybridized carbons (Fsp3) is 0.448. The predicted molar refractivity (Wildman–Crippen MR) is 154 cm³/mol. The third kappa shape index (κ3) is 6.28. The molecule has 0 radical (unpaired) electrons. The van der Waals surface area contributed by atoms with E-state index in [0.717, 1.165) is 43.7 Å². The van der Waals surface area contributed by atoms with Gasteiger partial charge in [0.05, 0.1) is 23.4 Å². The van der Waals surface area contributed by atoms with Crippen LogP contribution in [0, 0.1) is 26.6 Å². The summed E-state index contributed by atoms with van der Waals surface area (Å²) < 4.78 is 17.1. The SMILES string of the molecule is CCN(CC)CCCC(C)NC(=O)Cc1csc2nc(C)c(-c3cc(C)n(-c4cc(F)ccc4C)n3)c(=O)n12. The summed E-state index contributed by atoms with van der Waals surface area (Å²) in [5, 5.41) is 9.56. The average molecular weight is 553 g/mol. The summed E-state index contributed by atoms with van der Waals surface area (Å²) in [5.41, 5.74) is 3.96. The molecule has 4 rings (SSSR count). The van der Waals surface area contributed by atoms with Gasteiger partial charge in [-0.2, -0.15) is 5.10 Å². The Balaban J connectivity index is 1.57. The Bertz CT molecular complexity index is 1530. The van der Waals surface area contributed by atoms with Crippen molar-refractivity contribution < 1.29 is 9.18 Å². The van der Waals surface area contributed by atoms with Gasteiger partial charge >= 0.3 is 0 Å². The molecule has 0 aliphatic heterocycles. The number of fused-ring (bicyclic) bond motifs is 1. The van der Waals surface area contributed by atoms with Crippen molar-refractivity contribution in [1.29, 1.82) is 0 Å². The maximum absolute atomic E-state index is 14.0. The number of benzene rings is 1. The van der Waals surface area contributed by atoms with Crippen molar-refractivity contribution in [2.75, 3.05) is 19.6 Å². The lowest BCUT2D eigenvalue weighted by molar-refractivity contribution is -0.121. The lowest BCUT2D eigenvalue weighted by Crippen LogP contribution is -2.35. The number of carbonyl (C=O) groups excluding carboxylic acids is 1. The molecule has 39 heavy (non-hydrogen) atoms. The van der Waals surface area contributed by atoms with Crippen molar-refractivity contribution in [1.82, 2.24) is 29.4 Å². The number of nitrogens with one attached hydrogen (secondary N) is 1. The minimum atomic E-state index is -0.356. The second-order valence-electron chi connectivity index (χ2n) is 10.1. The number of hydrogen-bond acceptors (Lipinski definition) is 6. The van der Waals surface area contributed by atoms with Gasteiger partial charge in [0.1, 0.15) is 11.5 Å². The summed E-state index contributed by atoms with van der Waals surface area (Å²) in [5.74, 6) is -0.480. The summed E-state index contributed by atoms with van der Waals surface area (Å²) >= 11 is 1.34. The lowest BCUT2D eigenvalue weighted by atomic mass is 10.1. The van der Waals surface area contributed by atoms with Crippen LogP contribution in [0.2, 0.25) is 0 Å². The van der Waals surface area contributed by atoms with Crippen molar-refractivity contribution >= 4 is 22.2 Å². The zero-order chi connectivity index (χ0) is 28.3. The van der Waals surface area contributed by atoms with Crippen LogP contribution in [0.1, 0.15) is 56.3 Å². The number of aryl methyl sites for hydroxylation is 3. The molecule has 4 aromatic rings. The van der Waals surface area contributed by atoms with E-state index in [4.69, 9.17) is 0 Å². The van der Waals surface area contributed by atoms with Gasteiger partial charge in [0.15, 0.2) is 4.96 Å². The molecule has 1 aromatic carbocycles. The molecule has 1 unspecified atom stereocenters. The Morgan fingerprint density at radius 2 is 1.92 bits per heavy atom. The van der Waals surface area contributed by atoms with E-state index in [9.17, 15) is 14.0 Å². The van der Waals surface area contributed by atoms with E-state index >= 15 is 0 Å². The number of halogens is 1.